The van der Waals surface area contributed by atoms with E-state index in [0.29, 0.717) is 17.5 Å². The molecule has 0 aliphatic heterocycles. The number of ketones is 1. The van der Waals surface area contributed by atoms with Gasteiger partial charge in [-0.25, -0.2) is 4.79 Å². The fourth-order valence-corrected chi connectivity index (χ4v) is 3.62. The Bertz CT molecular complexity index is 1020. The van der Waals surface area contributed by atoms with E-state index in [2.05, 4.69) is 46.7 Å². The van der Waals surface area contributed by atoms with E-state index >= 15 is 0 Å². The molecule has 0 spiro atoms. The second-order valence-electron chi connectivity index (χ2n) is 7.56. The molecule has 0 saturated heterocycles. The number of benzene rings is 2. The first-order chi connectivity index (χ1) is 15.4. The third-order valence-electron chi connectivity index (χ3n) is 4.79. The number of hydrogen-bond acceptors (Lipinski definition) is 7. The highest BCUT2D eigenvalue weighted by molar-refractivity contribution is 7.99. The predicted molar refractivity (Wildman–Crippen MR) is 121 cm³/mol. The molecule has 1 N–H and O–H groups in total. The largest absolute Gasteiger partial charge is 0.445 e. The van der Waals surface area contributed by atoms with E-state index in [1.54, 1.807) is 0 Å². The zero-order chi connectivity index (χ0) is 22.9. The van der Waals surface area contributed by atoms with Crippen molar-refractivity contribution in [2.24, 2.45) is 0 Å². The summed E-state index contributed by atoms with van der Waals surface area (Å²) in [6.07, 6.45) is -0.209. The summed E-state index contributed by atoms with van der Waals surface area (Å²) in [5.41, 5.74) is 2.13. The molecule has 0 fully saturated rings. The Labute approximate surface area is 191 Å². The van der Waals surface area contributed by atoms with Crippen molar-refractivity contribution in [1.82, 2.24) is 25.5 Å². The second kappa shape index (κ2) is 11.4. The van der Waals surface area contributed by atoms with Crippen LogP contribution < -0.4 is 5.32 Å². The molecule has 3 aromatic rings. The number of carbonyl (C=O) groups excluding carboxylic acids is 2. The quantitative estimate of drug-likeness (QED) is 0.491. The highest BCUT2D eigenvalue weighted by Crippen LogP contribution is 2.25. The number of hydrogen-bond donors (Lipinski definition) is 1. The van der Waals surface area contributed by atoms with Gasteiger partial charge in [0.25, 0.3) is 0 Å². The van der Waals surface area contributed by atoms with Crippen molar-refractivity contribution in [2.45, 2.75) is 62.4 Å². The summed E-state index contributed by atoms with van der Waals surface area (Å²) < 4.78 is 5.20. The van der Waals surface area contributed by atoms with Crippen molar-refractivity contribution in [3.63, 3.8) is 0 Å². The Hall–Kier alpha value is -3.20. The van der Waals surface area contributed by atoms with Gasteiger partial charge in [-0.05, 0) is 52.6 Å². The summed E-state index contributed by atoms with van der Waals surface area (Å²) in [5, 5.41) is 15.3. The first kappa shape index (κ1) is 23.5. The first-order valence-electron chi connectivity index (χ1n) is 10.5. The molecule has 0 radical (unpaired) electrons. The van der Waals surface area contributed by atoms with Gasteiger partial charge in [-0.2, -0.15) is 4.80 Å². The zero-order valence-corrected chi connectivity index (χ0v) is 19.2. The molecule has 1 aromatic heterocycles. The molecular formula is C23H27N5O3S. The second-order valence-corrected chi connectivity index (χ2v) is 8.60. The van der Waals surface area contributed by atoms with Crippen LogP contribution in [-0.4, -0.2) is 38.1 Å². The molecule has 1 amide bonds. The standard InChI is InChI=1S/C23H27N5O3S/c1-4-20(24-23(30)31-15-17-8-6-5-7-9-17)21(29)14-28-26-22(25-27-28)32-19-12-10-18(11-13-19)16(2)3/h5-13,16,20H,4,14-15H2,1-3H3,(H,24,30). The number of tetrazole rings is 1. The van der Waals surface area contributed by atoms with Crippen LogP contribution in [0.2, 0.25) is 0 Å². The molecule has 0 saturated carbocycles. The van der Waals surface area contributed by atoms with Gasteiger partial charge in [0.2, 0.25) is 5.16 Å². The Morgan fingerprint density at radius 2 is 1.81 bits per heavy atom. The molecule has 1 atom stereocenters. The van der Waals surface area contributed by atoms with Gasteiger partial charge in [0.15, 0.2) is 5.78 Å². The molecule has 9 heteroatoms. The third kappa shape index (κ3) is 6.91. The van der Waals surface area contributed by atoms with Crippen LogP contribution in [0.15, 0.2) is 64.6 Å². The molecule has 2 aromatic carbocycles. The number of carbonyl (C=O) groups is 2. The lowest BCUT2D eigenvalue weighted by Crippen LogP contribution is -2.42. The van der Waals surface area contributed by atoms with Gasteiger partial charge in [-0.3, -0.25) is 4.79 Å². The number of nitrogens with zero attached hydrogens (tertiary/aromatic N) is 4. The SMILES string of the molecule is CCC(NC(=O)OCc1ccccc1)C(=O)Cn1nnc(Sc2ccc(C(C)C)cc2)n1. The summed E-state index contributed by atoms with van der Waals surface area (Å²) in [6.45, 7) is 6.16. The van der Waals surface area contributed by atoms with Gasteiger partial charge in [0.05, 0.1) is 6.04 Å². The van der Waals surface area contributed by atoms with Crippen molar-refractivity contribution in [2.75, 3.05) is 0 Å². The summed E-state index contributed by atoms with van der Waals surface area (Å²) in [6, 6.07) is 16.9. The third-order valence-corrected chi connectivity index (χ3v) is 5.64. The normalized spacial score (nSPS) is 11.9. The van der Waals surface area contributed by atoms with E-state index in [9.17, 15) is 9.59 Å². The molecule has 32 heavy (non-hydrogen) atoms. The average Bonchev–Trinajstić information content (AvgIpc) is 3.23. The molecule has 1 unspecified atom stereocenters. The van der Waals surface area contributed by atoms with Crippen LogP contribution in [0.4, 0.5) is 4.79 Å². The van der Waals surface area contributed by atoms with E-state index in [0.717, 1.165) is 10.5 Å². The number of rotatable bonds is 10. The fourth-order valence-electron chi connectivity index (χ4n) is 2.93. The maximum absolute atomic E-state index is 12.6. The number of alkyl carbamates (subject to hydrolysis) is 1. The molecule has 1 heterocycles. The van der Waals surface area contributed by atoms with Crippen molar-refractivity contribution in [3.8, 4) is 0 Å². The Kier molecular flexibility index (Phi) is 8.38. The minimum absolute atomic E-state index is 0.0860. The zero-order valence-electron chi connectivity index (χ0n) is 18.4. The first-order valence-corrected chi connectivity index (χ1v) is 11.3. The van der Waals surface area contributed by atoms with Gasteiger partial charge in [0.1, 0.15) is 13.2 Å². The minimum Gasteiger partial charge on any atom is -0.445 e. The number of Topliss-reactive ketones (excluding diaryl/α,β-unsaturated/α-hetero) is 1. The molecule has 168 valence electrons. The highest BCUT2D eigenvalue weighted by atomic mass is 32.2. The topological polar surface area (TPSA) is 99.0 Å². The van der Waals surface area contributed by atoms with Crippen LogP contribution >= 0.6 is 11.8 Å². The number of aromatic nitrogens is 4. The Morgan fingerprint density at radius 1 is 1.09 bits per heavy atom. The molecule has 0 aliphatic carbocycles. The van der Waals surface area contributed by atoms with Gasteiger partial charge in [-0.1, -0.05) is 63.2 Å². The molecule has 0 aliphatic rings. The summed E-state index contributed by atoms with van der Waals surface area (Å²) in [4.78, 5) is 26.9. The number of amides is 1. The maximum atomic E-state index is 12.6. The van der Waals surface area contributed by atoms with Crippen LogP contribution in [0.25, 0.3) is 0 Å². The van der Waals surface area contributed by atoms with Crippen LogP contribution in [0.3, 0.4) is 0 Å². The molecule has 3 rings (SSSR count). The van der Waals surface area contributed by atoms with E-state index in [-0.39, 0.29) is 18.9 Å². The van der Waals surface area contributed by atoms with Crippen molar-refractivity contribution in [1.29, 1.82) is 0 Å². The van der Waals surface area contributed by atoms with E-state index < -0.39 is 12.1 Å². The Balaban J connectivity index is 1.50. The molecular weight excluding hydrogens is 426 g/mol. The Morgan fingerprint density at radius 3 is 2.47 bits per heavy atom. The van der Waals surface area contributed by atoms with Gasteiger partial charge < -0.3 is 10.1 Å². The van der Waals surface area contributed by atoms with E-state index in [1.807, 2.05) is 49.4 Å². The minimum atomic E-state index is -0.691. The van der Waals surface area contributed by atoms with Gasteiger partial charge in [-0.15, -0.1) is 10.2 Å². The highest BCUT2D eigenvalue weighted by Gasteiger charge is 2.21. The summed E-state index contributed by atoms with van der Waals surface area (Å²) in [7, 11) is 0. The summed E-state index contributed by atoms with van der Waals surface area (Å²) in [5.74, 6) is 0.245. The fraction of sp³-hybridized carbons (Fsp3) is 0.348. The maximum Gasteiger partial charge on any atom is 0.408 e. The summed E-state index contributed by atoms with van der Waals surface area (Å²) >= 11 is 1.38. The van der Waals surface area contributed by atoms with Gasteiger partial charge >= 0.3 is 6.09 Å². The monoisotopic (exact) mass is 453 g/mol. The number of nitrogens with one attached hydrogen (secondary N) is 1. The smallest absolute Gasteiger partial charge is 0.408 e. The van der Waals surface area contributed by atoms with Crippen LogP contribution in [0.1, 0.15) is 44.2 Å². The van der Waals surface area contributed by atoms with Gasteiger partial charge in [0, 0.05) is 4.90 Å². The van der Waals surface area contributed by atoms with Crippen molar-refractivity contribution in [3.05, 3.63) is 65.7 Å². The lowest BCUT2D eigenvalue weighted by Gasteiger charge is -2.15. The molecule has 8 nitrogen and oxygen atoms in total. The van der Waals surface area contributed by atoms with Crippen LogP contribution in [0, 0.1) is 0 Å². The van der Waals surface area contributed by atoms with Crippen LogP contribution in [0.5, 0.6) is 0 Å². The van der Waals surface area contributed by atoms with E-state index in [4.69, 9.17) is 4.74 Å². The van der Waals surface area contributed by atoms with Crippen molar-refractivity contribution < 1.29 is 14.3 Å². The lowest BCUT2D eigenvalue weighted by atomic mass is 10.0. The molecule has 0 bridgehead atoms. The average molecular weight is 454 g/mol. The van der Waals surface area contributed by atoms with Crippen LogP contribution in [-0.2, 0) is 22.7 Å². The predicted octanol–water partition coefficient (Wildman–Crippen LogP) is 4.22. The number of ether oxygens (including phenoxy) is 1. The van der Waals surface area contributed by atoms with E-state index in [1.165, 1.54) is 22.1 Å². The van der Waals surface area contributed by atoms with Crippen molar-refractivity contribution >= 4 is 23.6 Å². The lowest BCUT2D eigenvalue weighted by molar-refractivity contribution is -0.122.